The Hall–Kier alpha value is -1.97. The number of benzene rings is 1. The summed E-state index contributed by atoms with van der Waals surface area (Å²) >= 11 is 0. The molecule has 0 bridgehead atoms. The number of esters is 1. The van der Waals surface area contributed by atoms with E-state index in [2.05, 4.69) is 4.74 Å². The Balaban J connectivity index is 2.58. The van der Waals surface area contributed by atoms with Gasteiger partial charge in [-0.3, -0.25) is 4.79 Å². The van der Waals surface area contributed by atoms with Gasteiger partial charge in [0.2, 0.25) is 0 Å². The summed E-state index contributed by atoms with van der Waals surface area (Å²) in [6, 6.07) is 2.38. The Kier molecular flexibility index (Phi) is 2.11. The number of carbonyl (C=O) groups is 2. The van der Waals surface area contributed by atoms with E-state index in [9.17, 15) is 14.0 Å². The lowest BCUT2D eigenvalue weighted by Crippen LogP contribution is -2.06. The Morgan fingerprint density at radius 1 is 1.33 bits per heavy atom. The summed E-state index contributed by atoms with van der Waals surface area (Å²) in [4.78, 5) is 22.4. The quantitative estimate of drug-likeness (QED) is 0.658. The zero-order chi connectivity index (χ0) is 11.0. The molecule has 1 aromatic rings. The highest BCUT2D eigenvalue weighted by atomic mass is 19.1. The highest BCUT2D eigenvalue weighted by Gasteiger charge is 2.20. The van der Waals surface area contributed by atoms with E-state index in [4.69, 9.17) is 0 Å². The third-order valence-corrected chi connectivity index (χ3v) is 2.22. The fourth-order valence-corrected chi connectivity index (χ4v) is 1.46. The largest absolute Gasteiger partial charge is 0.465 e. The minimum atomic E-state index is -0.782. The van der Waals surface area contributed by atoms with Crippen LogP contribution in [0.15, 0.2) is 18.2 Å². The predicted molar refractivity (Wildman–Crippen MR) is 51.1 cm³/mol. The van der Waals surface area contributed by atoms with E-state index in [1.165, 1.54) is 18.2 Å². The van der Waals surface area contributed by atoms with Crippen molar-refractivity contribution in [2.24, 2.45) is 0 Å². The molecule has 76 valence electrons. The second-order valence-electron chi connectivity index (χ2n) is 3.11. The fraction of sp³-hybridized carbons (Fsp3) is 0.0909. The lowest BCUT2D eigenvalue weighted by molar-refractivity contribution is 0.0595. The smallest absolute Gasteiger partial charge is 0.340 e. The SMILES string of the molecule is COC(=O)c1cc2c(cc1F)C=CC2=O. The van der Waals surface area contributed by atoms with Crippen molar-refractivity contribution in [3.8, 4) is 0 Å². The third-order valence-electron chi connectivity index (χ3n) is 2.22. The van der Waals surface area contributed by atoms with Crippen molar-refractivity contribution in [2.75, 3.05) is 7.11 Å². The Morgan fingerprint density at radius 3 is 2.73 bits per heavy atom. The van der Waals surface area contributed by atoms with Gasteiger partial charge in [0.1, 0.15) is 5.82 Å². The van der Waals surface area contributed by atoms with Gasteiger partial charge in [-0.25, -0.2) is 9.18 Å². The van der Waals surface area contributed by atoms with Crippen molar-refractivity contribution in [3.05, 3.63) is 40.7 Å². The van der Waals surface area contributed by atoms with Gasteiger partial charge in [0, 0.05) is 5.56 Å². The highest BCUT2D eigenvalue weighted by molar-refractivity contribution is 6.14. The summed E-state index contributed by atoms with van der Waals surface area (Å²) in [5.74, 6) is -1.69. The molecule has 4 heteroatoms. The zero-order valence-corrected chi connectivity index (χ0v) is 7.91. The van der Waals surface area contributed by atoms with E-state index in [0.717, 1.165) is 13.2 Å². The summed E-state index contributed by atoms with van der Waals surface area (Å²) in [7, 11) is 1.16. The minimum absolute atomic E-state index is 0.215. The number of rotatable bonds is 1. The van der Waals surface area contributed by atoms with Gasteiger partial charge in [0.15, 0.2) is 5.78 Å². The second kappa shape index (κ2) is 3.31. The first-order valence-electron chi connectivity index (χ1n) is 4.27. The van der Waals surface area contributed by atoms with Gasteiger partial charge in [-0.05, 0) is 23.8 Å². The van der Waals surface area contributed by atoms with Crippen LogP contribution in [0.2, 0.25) is 0 Å². The first-order valence-corrected chi connectivity index (χ1v) is 4.27. The van der Waals surface area contributed by atoms with Gasteiger partial charge in [0.05, 0.1) is 12.7 Å². The first-order chi connectivity index (χ1) is 7.13. The van der Waals surface area contributed by atoms with Crippen molar-refractivity contribution in [1.29, 1.82) is 0 Å². The number of ether oxygens (including phenoxy) is 1. The van der Waals surface area contributed by atoms with Gasteiger partial charge < -0.3 is 4.74 Å². The number of halogens is 1. The maximum absolute atomic E-state index is 13.4. The molecule has 0 amide bonds. The number of hydrogen-bond acceptors (Lipinski definition) is 3. The molecule has 0 unspecified atom stereocenters. The van der Waals surface area contributed by atoms with Crippen molar-refractivity contribution in [3.63, 3.8) is 0 Å². The summed E-state index contributed by atoms with van der Waals surface area (Å²) in [5.41, 5.74) is 0.607. The zero-order valence-electron chi connectivity index (χ0n) is 7.91. The van der Waals surface area contributed by atoms with Gasteiger partial charge in [-0.15, -0.1) is 0 Å². The molecule has 1 aromatic carbocycles. The maximum Gasteiger partial charge on any atom is 0.340 e. The third kappa shape index (κ3) is 1.44. The molecule has 3 nitrogen and oxygen atoms in total. The second-order valence-corrected chi connectivity index (χ2v) is 3.11. The van der Waals surface area contributed by atoms with Crippen molar-refractivity contribution in [2.45, 2.75) is 0 Å². The summed E-state index contributed by atoms with van der Waals surface area (Å²) in [6.45, 7) is 0. The van der Waals surface area contributed by atoms with Gasteiger partial charge >= 0.3 is 5.97 Å². The molecule has 15 heavy (non-hydrogen) atoms. The topological polar surface area (TPSA) is 43.4 Å². The molecule has 1 aliphatic carbocycles. The number of ketones is 1. The summed E-state index contributed by atoms with van der Waals surface area (Å²) in [5, 5.41) is 0. The van der Waals surface area contributed by atoms with Gasteiger partial charge in [-0.2, -0.15) is 0 Å². The molecule has 0 saturated carbocycles. The number of allylic oxidation sites excluding steroid dienone is 1. The molecule has 0 N–H and O–H groups in total. The molecular formula is C11H7FO3. The minimum Gasteiger partial charge on any atom is -0.465 e. The summed E-state index contributed by atoms with van der Waals surface area (Å²) in [6.07, 6.45) is 2.85. The molecule has 0 aliphatic heterocycles. The average Bonchev–Trinajstić information content (AvgIpc) is 2.58. The fourth-order valence-electron chi connectivity index (χ4n) is 1.46. The molecule has 0 radical (unpaired) electrons. The van der Waals surface area contributed by atoms with E-state index < -0.39 is 11.8 Å². The Bertz CT molecular complexity index is 489. The predicted octanol–water partition coefficient (Wildman–Crippen LogP) is 1.82. The van der Waals surface area contributed by atoms with Gasteiger partial charge in [-0.1, -0.05) is 6.08 Å². The lowest BCUT2D eigenvalue weighted by atomic mass is 10.0. The van der Waals surface area contributed by atoms with E-state index in [1.807, 2.05) is 0 Å². The highest BCUT2D eigenvalue weighted by Crippen LogP contribution is 2.23. The monoisotopic (exact) mass is 206 g/mol. The van der Waals surface area contributed by atoms with Crippen molar-refractivity contribution < 1.29 is 18.7 Å². The molecule has 0 spiro atoms. The lowest BCUT2D eigenvalue weighted by Gasteiger charge is -2.03. The number of carbonyl (C=O) groups excluding carboxylic acids is 2. The molecule has 1 aliphatic rings. The van der Waals surface area contributed by atoms with Gasteiger partial charge in [0.25, 0.3) is 0 Å². The normalized spacial score (nSPS) is 12.8. The molecular weight excluding hydrogens is 199 g/mol. The van der Waals surface area contributed by atoms with Crippen LogP contribution in [0.1, 0.15) is 26.3 Å². The van der Waals surface area contributed by atoms with Crippen LogP contribution in [0.4, 0.5) is 4.39 Å². The van der Waals surface area contributed by atoms with E-state index >= 15 is 0 Å². The molecule has 0 saturated heterocycles. The van der Waals surface area contributed by atoms with Crippen LogP contribution < -0.4 is 0 Å². The van der Waals surface area contributed by atoms with E-state index in [-0.39, 0.29) is 11.3 Å². The summed E-state index contributed by atoms with van der Waals surface area (Å²) < 4.78 is 17.8. The van der Waals surface area contributed by atoms with Crippen LogP contribution in [0.25, 0.3) is 6.08 Å². The van der Waals surface area contributed by atoms with E-state index in [1.54, 1.807) is 0 Å². The van der Waals surface area contributed by atoms with Crippen LogP contribution in [-0.4, -0.2) is 18.9 Å². The molecule has 0 heterocycles. The van der Waals surface area contributed by atoms with Crippen LogP contribution >= 0.6 is 0 Å². The number of fused-ring (bicyclic) bond motifs is 1. The van der Waals surface area contributed by atoms with Crippen molar-refractivity contribution >= 4 is 17.8 Å². The van der Waals surface area contributed by atoms with Crippen LogP contribution in [0.3, 0.4) is 0 Å². The maximum atomic E-state index is 13.4. The van der Waals surface area contributed by atoms with Crippen molar-refractivity contribution in [1.82, 2.24) is 0 Å². The first kappa shape index (κ1) is 9.58. The van der Waals surface area contributed by atoms with Crippen LogP contribution in [-0.2, 0) is 4.74 Å². The Morgan fingerprint density at radius 2 is 2.07 bits per heavy atom. The molecule has 0 fully saturated rings. The van der Waals surface area contributed by atoms with Crippen LogP contribution in [0.5, 0.6) is 0 Å². The number of hydrogen-bond donors (Lipinski definition) is 0. The van der Waals surface area contributed by atoms with E-state index in [0.29, 0.717) is 11.1 Å². The molecule has 0 atom stereocenters. The standard InChI is InChI=1S/C11H7FO3/c1-15-11(14)8-5-7-6(4-9(8)12)2-3-10(7)13/h2-5H,1H3. The number of methoxy groups -OCH3 is 1. The average molecular weight is 206 g/mol. The molecule has 2 rings (SSSR count). The van der Waals surface area contributed by atoms with Crippen LogP contribution in [0, 0.1) is 5.82 Å². The Labute approximate surface area is 85.2 Å². The molecule has 0 aromatic heterocycles.